The monoisotopic (exact) mass is 756 g/mol. The Morgan fingerprint density at radius 2 is 1.77 bits per heavy atom. The first kappa shape index (κ1) is 39.0. The van der Waals surface area contributed by atoms with Crippen molar-refractivity contribution in [3.8, 4) is 0 Å². The van der Waals surface area contributed by atoms with Gasteiger partial charge >= 0.3 is 6.03 Å². The molecule has 3 N–H and O–H groups in total. The topological polar surface area (TPSA) is 83.7 Å². The Bertz CT molecular complexity index is 1910. The van der Waals surface area contributed by atoms with E-state index in [0.717, 1.165) is 50.7 Å². The standard InChI is InChI=1S/C26H37N5O2.C17H17Cl2N/c1-5-11-30-17-19(25(32)31(26(33)27-6-2)13-8-12-29(3)4)14-21-20-9-7-10-22-24(20)18(16-28-22)15-23(21)30;1-20-17-9-7-12(13-4-2-3-5-14(13)17)11-6-8-15(18)16(19)10-11/h5,7,9-10,16,19,21,23,28H,1,6,8,11-15,17H2,2-4H3,(H,27,33);2-6,8,10,12,17,20H,7,9H2,1H3/t19-,21-,23-;12-,17-/m10/s1. The lowest BCUT2D eigenvalue weighted by molar-refractivity contribution is -0.135. The minimum atomic E-state index is -0.280. The van der Waals surface area contributed by atoms with Gasteiger partial charge in [-0.1, -0.05) is 71.7 Å². The Morgan fingerprint density at radius 1 is 1.00 bits per heavy atom. The highest BCUT2D eigenvalue weighted by atomic mass is 35.5. The molecule has 0 spiro atoms. The van der Waals surface area contributed by atoms with Crippen LogP contribution >= 0.6 is 23.2 Å². The number of aromatic amines is 1. The van der Waals surface area contributed by atoms with Gasteiger partial charge in [0.1, 0.15) is 0 Å². The number of aromatic nitrogens is 1. The summed E-state index contributed by atoms with van der Waals surface area (Å²) in [6.45, 7) is 9.02. The number of hydrogen-bond donors (Lipinski definition) is 3. The number of rotatable bonds is 10. The van der Waals surface area contributed by atoms with Gasteiger partial charge in [0.25, 0.3) is 0 Å². The SMILES string of the molecule is C=CCN1C[C@H](C(=O)N(CCCN(C)C)C(=O)NCC)C[C@@H]2c3cccc4[nH]cc(c34)C[C@H]21.CN[C@H]1CC[C@@H](c2ccc(Cl)c(Cl)c2)c2ccccc21. The summed E-state index contributed by atoms with van der Waals surface area (Å²) in [5.41, 5.74) is 7.89. The van der Waals surface area contributed by atoms with E-state index in [1.165, 1.54) is 38.1 Å². The molecule has 0 unspecified atom stereocenters. The molecule has 2 heterocycles. The highest BCUT2D eigenvalue weighted by Gasteiger charge is 2.44. The zero-order valence-electron chi connectivity index (χ0n) is 31.5. The fraction of sp³-hybridized carbons (Fsp3) is 0.442. The smallest absolute Gasteiger partial charge is 0.324 e. The molecule has 1 saturated heterocycles. The Kier molecular flexibility index (Phi) is 13.0. The van der Waals surface area contributed by atoms with E-state index in [0.29, 0.717) is 47.7 Å². The van der Waals surface area contributed by atoms with E-state index in [4.69, 9.17) is 23.2 Å². The van der Waals surface area contributed by atoms with Gasteiger partial charge in [-0.15, -0.1) is 6.58 Å². The Morgan fingerprint density at radius 3 is 2.49 bits per heavy atom. The number of carbonyl (C=O) groups excluding carboxylic acids is 2. The number of piperidine rings is 1. The first-order valence-electron chi connectivity index (χ1n) is 19.0. The molecule has 7 rings (SSSR count). The van der Waals surface area contributed by atoms with Crippen molar-refractivity contribution in [2.24, 2.45) is 5.92 Å². The first-order valence-corrected chi connectivity index (χ1v) is 19.8. The minimum Gasteiger partial charge on any atom is -0.361 e. The van der Waals surface area contributed by atoms with E-state index >= 15 is 0 Å². The Balaban J connectivity index is 0.000000204. The molecule has 0 radical (unpaired) electrons. The molecule has 3 aliphatic rings. The predicted octanol–water partition coefficient (Wildman–Crippen LogP) is 8.37. The molecule has 0 bridgehead atoms. The van der Waals surface area contributed by atoms with Crippen molar-refractivity contribution in [3.05, 3.63) is 117 Å². The molecule has 1 fully saturated rings. The molecule has 3 aromatic carbocycles. The van der Waals surface area contributed by atoms with Gasteiger partial charge in [0.05, 0.1) is 16.0 Å². The minimum absolute atomic E-state index is 0.0562. The fourth-order valence-corrected chi connectivity index (χ4v) is 9.15. The van der Waals surface area contributed by atoms with Crippen LogP contribution < -0.4 is 10.6 Å². The number of hydrogen-bond acceptors (Lipinski definition) is 5. The maximum absolute atomic E-state index is 13.7. The number of halogens is 2. The second-order valence-electron chi connectivity index (χ2n) is 14.9. The third-order valence-electron chi connectivity index (χ3n) is 11.3. The van der Waals surface area contributed by atoms with Crippen LogP contribution in [0.3, 0.4) is 0 Å². The first-order chi connectivity index (χ1) is 25.6. The molecule has 1 aliphatic heterocycles. The summed E-state index contributed by atoms with van der Waals surface area (Å²) in [4.78, 5) is 35.9. The van der Waals surface area contributed by atoms with Crippen molar-refractivity contribution in [2.75, 3.05) is 53.9 Å². The molecule has 282 valence electrons. The van der Waals surface area contributed by atoms with Crippen molar-refractivity contribution in [1.29, 1.82) is 0 Å². The molecule has 1 aromatic heterocycles. The summed E-state index contributed by atoms with van der Waals surface area (Å²) in [7, 11) is 6.04. The number of carbonyl (C=O) groups is 2. The normalized spacial score (nSPS) is 22.0. The summed E-state index contributed by atoms with van der Waals surface area (Å²) in [6, 6.07) is 21.6. The van der Waals surface area contributed by atoms with Gasteiger partial charge in [-0.25, -0.2) is 4.79 Å². The summed E-state index contributed by atoms with van der Waals surface area (Å²) in [6.07, 6.45) is 8.82. The Hall–Kier alpha value is -3.66. The van der Waals surface area contributed by atoms with E-state index in [2.05, 4.69) is 86.7 Å². The van der Waals surface area contributed by atoms with Crippen LogP contribution in [-0.2, 0) is 11.2 Å². The van der Waals surface area contributed by atoms with Crippen LogP contribution in [0.5, 0.6) is 0 Å². The quantitative estimate of drug-likeness (QED) is 0.142. The zero-order valence-corrected chi connectivity index (χ0v) is 33.0. The number of urea groups is 1. The van der Waals surface area contributed by atoms with Crippen molar-refractivity contribution in [3.63, 3.8) is 0 Å². The van der Waals surface area contributed by atoms with E-state index in [1.54, 1.807) is 0 Å². The van der Waals surface area contributed by atoms with Crippen molar-refractivity contribution in [2.45, 2.75) is 62.9 Å². The number of fused-ring (bicyclic) bond motifs is 3. The molecule has 0 saturated carbocycles. The van der Waals surface area contributed by atoms with Crippen LogP contribution in [0.25, 0.3) is 10.9 Å². The zero-order chi connectivity index (χ0) is 37.6. The summed E-state index contributed by atoms with van der Waals surface area (Å²) >= 11 is 12.2. The van der Waals surface area contributed by atoms with Crippen LogP contribution in [0.4, 0.5) is 4.79 Å². The van der Waals surface area contributed by atoms with Crippen molar-refractivity contribution < 1.29 is 9.59 Å². The molecular formula is C43H54Cl2N6O2. The largest absolute Gasteiger partial charge is 0.361 e. The average molecular weight is 758 g/mol. The summed E-state index contributed by atoms with van der Waals surface area (Å²) < 4.78 is 0. The number of nitrogens with zero attached hydrogens (tertiary/aromatic N) is 3. The second kappa shape index (κ2) is 17.7. The number of H-pyrrole nitrogens is 1. The Labute approximate surface area is 324 Å². The third-order valence-corrected chi connectivity index (χ3v) is 12.0. The summed E-state index contributed by atoms with van der Waals surface area (Å²) in [5.74, 6) is 0.395. The lowest BCUT2D eigenvalue weighted by atomic mass is 9.72. The molecule has 3 amide bonds. The number of amides is 3. The van der Waals surface area contributed by atoms with Crippen LogP contribution in [-0.4, -0.2) is 91.5 Å². The number of likely N-dealkylation sites (tertiary alicyclic amines) is 1. The molecule has 4 aromatic rings. The number of nitrogens with one attached hydrogen (secondary N) is 3. The van der Waals surface area contributed by atoms with Crippen LogP contribution in [0.2, 0.25) is 10.0 Å². The number of imide groups is 1. The lowest BCUT2D eigenvalue weighted by Gasteiger charge is -2.47. The van der Waals surface area contributed by atoms with Crippen LogP contribution in [0, 0.1) is 5.92 Å². The van der Waals surface area contributed by atoms with E-state index in [-0.39, 0.29) is 23.8 Å². The average Bonchev–Trinajstić information content (AvgIpc) is 3.58. The van der Waals surface area contributed by atoms with Gasteiger partial charge in [-0.05, 0) is 113 Å². The molecular weight excluding hydrogens is 703 g/mol. The third kappa shape index (κ3) is 8.53. The van der Waals surface area contributed by atoms with Gasteiger partial charge in [-0.3, -0.25) is 14.6 Å². The lowest BCUT2D eigenvalue weighted by Crippen LogP contribution is -2.55. The van der Waals surface area contributed by atoms with E-state index < -0.39 is 0 Å². The van der Waals surface area contributed by atoms with Crippen LogP contribution in [0.1, 0.15) is 78.3 Å². The highest BCUT2D eigenvalue weighted by molar-refractivity contribution is 6.42. The summed E-state index contributed by atoms with van der Waals surface area (Å²) in [5, 5.41) is 8.82. The van der Waals surface area contributed by atoms with Gasteiger partial charge in [0.2, 0.25) is 5.91 Å². The maximum atomic E-state index is 13.7. The second-order valence-corrected chi connectivity index (χ2v) is 15.7. The molecule has 2 aliphatic carbocycles. The van der Waals surface area contributed by atoms with E-state index in [9.17, 15) is 9.59 Å². The van der Waals surface area contributed by atoms with Crippen LogP contribution in [0.15, 0.2) is 79.5 Å². The fourth-order valence-electron chi connectivity index (χ4n) is 8.84. The van der Waals surface area contributed by atoms with Crippen molar-refractivity contribution >= 4 is 46.0 Å². The van der Waals surface area contributed by atoms with Crippen molar-refractivity contribution in [1.82, 2.24) is 30.3 Å². The molecule has 10 heteroatoms. The van der Waals surface area contributed by atoms with Gasteiger partial charge in [0.15, 0.2) is 0 Å². The van der Waals surface area contributed by atoms with Gasteiger partial charge in [0, 0.05) is 67.2 Å². The predicted molar refractivity (Wildman–Crippen MR) is 218 cm³/mol. The highest BCUT2D eigenvalue weighted by Crippen LogP contribution is 2.45. The van der Waals surface area contributed by atoms with E-state index in [1.807, 2.05) is 46.3 Å². The number of benzene rings is 3. The molecule has 53 heavy (non-hydrogen) atoms. The molecule has 5 atom stereocenters. The maximum Gasteiger partial charge on any atom is 0.324 e. The van der Waals surface area contributed by atoms with Gasteiger partial charge in [-0.2, -0.15) is 0 Å². The molecule has 8 nitrogen and oxygen atoms in total. The van der Waals surface area contributed by atoms with Gasteiger partial charge < -0.3 is 20.5 Å².